The molecule has 0 unspecified atom stereocenters. The van der Waals surface area contributed by atoms with Gasteiger partial charge in [0.1, 0.15) is 5.82 Å². The van der Waals surface area contributed by atoms with E-state index in [0.29, 0.717) is 13.0 Å². The van der Waals surface area contributed by atoms with Gasteiger partial charge in [-0.1, -0.05) is 0 Å². The van der Waals surface area contributed by atoms with Crippen LogP contribution >= 0.6 is 0 Å². The highest BCUT2D eigenvalue weighted by atomic mass is 16.2. The first-order valence-corrected chi connectivity index (χ1v) is 10.5. The highest BCUT2D eigenvalue weighted by molar-refractivity contribution is 5.94. The van der Waals surface area contributed by atoms with Crippen molar-refractivity contribution in [2.75, 3.05) is 18.0 Å². The highest BCUT2D eigenvalue weighted by Crippen LogP contribution is 2.42. The number of carbonyl (C=O) groups is 1. The summed E-state index contributed by atoms with van der Waals surface area (Å²) in [7, 11) is 0. The number of carbonyl (C=O) groups excluding carboxylic acids is 1. The molecule has 3 aromatic heterocycles. The Morgan fingerprint density at radius 2 is 1.53 bits per heavy atom. The summed E-state index contributed by atoms with van der Waals surface area (Å²) in [5.74, 6) is 1.10. The number of hydrogen-bond acceptors (Lipinski definition) is 5. The van der Waals surface area contributed by atoms with Gasteiger partial charge in [0.15, 0.2) is 0 Å². The van der Waals surface area contributed by atoms with E-state index in [1.54, 1.807) is 12.4 Å². The van der Waals surface area contributed by atoms with E-state index in [4.69, 9.17) is 5.10 Å². The second-order valence-electron chi connectivity index (χ2n) is 8.42. The molecular formula is C23H26N6O. The number of aryl methyl sites for hydroxylation is 1. The molecule has 1 saturated heterocycles. The van der Waals surface area contributed by atoms with Gasteiger partial charge in [0.2, 0.25) is 5.91 Å². The van der Waals surface area contributed by atoms with Crippen LogP contribution in [0.5, 0.6) is 0 Å². The molecule has 1 spiro atoms. The number of piperidine rings is 1. The van der Waals surface area contributed by atoms with Crippen LogP contribution in [0.1, 0.15) is 36.1 Å². The van der Waals surface area contributed by atoms with Crippen LogP contribution in [0, 0.1) is 6.92 Å². The van der Waals surface area contributed by atoms with Gasteiger partial charge in [-0.25, -0.2) is 4.68 Å². The van der Waals surface area contributed by atoms with E-state index >= 15 is 0 Å². The predicted molar refractivity (Wildman–Crippen MR) is 114 cm³/mol. The number of aromatic nitrogens is 4. The average Bonchev–Trinajstić information content (AvgIpc) is 3.17. The highest BCUT2D eigenvalue weighted by Gasteiger charge is 2.46. The van der Waals surface area contributed by atoms with Crippen LogP contribution in [0.4, 0.5) is 5.82 Å². The molecule has 154 valence electrons. The zero-order valence-corrected chi connectivity index (χ0v) is 17.2. The van der Waals surface area contributed by atoms with Crippen molar-refractivity contribution in [3.05, 3.63) is 71.9 Å². The van der Waals surface area contributed by atoms with Crippen LogP contribution < -0.4 is 4.90 Å². The van der Waals surface area contributed by atoms with Crippen LogP contribution in [0.2, 0.25) is 0 Å². The Morgan fingerprint density at radius 1 is 0.933 bits per heavy atom. The standard InChI is InChI=1S/C23H26N6O/c1-18-14-21-28(17-20-4-10-25-11-5-20)22(30)15-23(29(21)26-18)6-12-27(13-7-23)16-19-2-8-24-9-3-19/h2-5,8-11,14H,6-7,12-13,15-17H2,1H3. The number of amides is 1. The van der Waals surface area contributed by atoms with Crippen molar-refractivity contribution in [1.82, 2.24) is 24.6 Å². The summed E-state index contributed by atoms with van der Waals surface area (Å²) in [4.78, 5) is 25.8. The van der Waals surface area contributed by atoms with Crippen LogP contribution in [0.15, 0.2) is 55.1 Å². The van der Waals surface area contributed by atoms with Gasteiger partial charge < -0.3 is 0 Å². The lowest BCUT2D eigenvalue weighted by Crippen LogP contribution is -2.53. The van der Waals surface area contributed by atoms with E-state index in [1.807, 2.05) is 42.4 Å². The van der Waals surface area contributed by atoms with Gasteiger partial charge in [-0.3, -0.25) is 24.6 Å². The zero-order chi connectivity index (χ0) is 20.6. The second kappa shape index (κ2) is 7.65. The molecule has 0 saturated carbocycles. The van der Waals surface area contributed by atoms with Crippen LogP contribution in [-0.2, 0) is 23.4 Å². The number of likely N-dealkylation sites (tertiary alicyclic amines) is 1. The molecule has 7 nitrogen and oxygen atoms in total. The molecule has 5 rings (SSSR count). The Labute approximate surface area is 176 Å². The maximum atomic E-state index is 13.3. The summed E-state index contributed by atoms with van der Waals surface area (Å²) >= 11 is 0. The van der Waals surface area contributed by atoms with Gasteiger partial charge in [0, 0.05) is 50.5 Å². The molecule has 0 aromatic carbocycles. The minimum Gasteiger partial charge on any atom is -0.299 e. The van der Waals surface area contributed by atoms with E-state index in [0.717, 1.165) is 49.6 Å². The molecule has 0 bridgehead atoms. The van der Waals surface area contributed by atoms with E-state index < -0.39 is 0 Å². The maximum absolute atomic E-state index is 13.3. The molecule has 0 radical (unpaired) electrons. The lowest BCUT2D eigenvalue weighted by Gasteiger charge is -2.46. The molecule has 30 heavy (non-hydrogen) atoms. The number of anilines is 1. The first-order valence-electron chi connectivity index (χ1n) is 10.5. The number of fused-ring (bicyclic) bond motifs is 2. The topological polar surface area (TPSA) is 67.2 Å². The van der Waals surface area contributed by atoms with E-state index in [-0.39, 0.29) is 11.4 Å². The third-order valence-corrected chi connectivity index (χ3v) is 6.35. The molecule has 3 aromatic rings. The summed E-state index contributed by atoms with van der Waals surface area (Å²) in [6.45, 7) is 5.39. The molecular weight excluding hydrogens is 376 g/mol. The zero-order valence-electron chi connectivity index (χ0n) is 17.2. The molecule has 2 aliphatic heterocycles. The maximum Gasteiger partial charge on any atom is 0.230 e. The van der Waals surface area contributed by atoms with E-state index in [2.05, 4.69) is 31.7 Å². The summed E-state index contributed by atoms with van der Waals surface area (Å²) in [6, 6.07) is 10.1. The minimum atomic E-state index is -0.218. The SMILES string of the molecule is Cc1cc2n(n1)C1(CCN(Cc3ccncc3)CC1)CC(=O)N2Cc1ccncc1. The van der Waals surface area contributed by atoms with Crippen LogP contribution in [0.25, 0.3) is 0 Å². The largest absolute Gasteiger partial charge is 0.299 e. The quantitative estimate of drug-likeness (QED) is 0.671. The molecule has 5 heterocycles. The summed E-state index contributed by atoms with van der Waals surface area (Å²) < 4.78 is 2.15. The third kappa shape index (κ3) is 3.50. The van der Waals surface area contributed by atoms with Gasteiger partial charge in [0.25, 0.3) is 0 Å². The molecule has 2 aliphatic rings. The monoisotopic (exact) mass is 402 g/mol. The fourth-order valence-corrected chi connectivity index (χ4v) is 4.71. The Balaban J connectivity index is 1.37. The minimum absolute atomic E-state index is 0.182. The van der Waals surface area contributed by atoms with E-state index in [9.17, 15) is 4.79 Å². The number of pyridine rings is 2. The molecule has 1 amide bonds. The van der Waals surface area contributed by atoms with Crippen molar-refractivity contribution in [2.24, 2.45) is 0 Å². The lowest BCUT2D eigenvalue weighted by molar-refractivity contribution is -0.123. The Bertz CT molecular complexity index is 1020. The molecule has 0 aliphatic carbocycles. The van der Waals surface area contributed by atoms with Crippen molar-refractivity contribution in [3.63, 3.8) is 0 Å². The number of nitrogens with zero attached hydrogens (tertiary/aromatic N) is 6. The van der Waals surface area contributed by atoms with Crippen LogP contribution in [-0.4, -0.2) is 43.6 Å². The second-order valence-corrected chi connectivity index (χ2v) is 8.42. The first kappa shape index (κ1) is 18.9. The van der Waals surface area contributed by atoms with Gasteiger partial charge in [0.05, 0.1) is 24.2 Å². The average molecular weight is 403 g/mol. The smallest absolute Gasteiger partial charge is 0.230 e. The Hall–Kier alpha value is -3.06. The van der Waals surface area contributed by atoms with Gasteiger partial charge in [-0.2, -0.15) is 5.10 Å². The summed E-state index contributed by atoms with van der Waals surface area (Å²) in [6.07, 6.45) is 9.60. The van der Waals surface area contributed by atoms with Crippen LogP contribution in [0.3, 0.4) is 0 Å². The summed E-state index contributed by atoms with van der Waals surface area (Å²) in [5, 5.41) is 4.85. The Kier molecular flexibility index (Phi) is 4.83. The number of hydrogen-bond donors (Lipinski definition) is 0. The van der Waals surface area contributed by atoms with Gasteiger partial charge in [-0.15, -0.1) is 0 Å². The molecule has 0 N–H and O–H groups in total. The molecule has 1 fully saturated rings. The fraction of sp³-hybridized carbons (Fsp3) is 0.391. The van der Waals surface area contributed by atoms with Crippen molar-refractivity contribution >= 4 is 11.7 Å². The van der Waals surface area contributed by atoms with Crippen molar-refractivity contribution in [1.29, 1.82) is 0 Å². The van der Waals surface area contributed by atoms with E-state index in [1.165, 1.54) is 5.56 Å². The van der Waals surface area contributed by atoms with Gasteiger partial charge in [-0.05, 0) is 55.2 Å². The van der Waals surface area contributed by atoms with Crippen molar-refractivity contribution in [2.45, 2.75) is 44.8 Å². The van der Waals surface area contributed by atoms with Gasteiger partial charge >= 0.3 is 0 Å². The molecule has 0 atom stereocenters. The third-order valence-electron chi connectivity index (χ3n) is 6.35. The Morgan fingerprint density at radius 3 is 2.17 bits per heavy atom. The summed E-state index contributed by atoms with van der Waals surface area (Å²) in [5.41, 5.74) is 3.09. The predicted octanol–water partition coefficient (Wildman–Crippen LogP) is 2.91. The first-order chi connectivity index (χ1) is 14.6. The number of rotatable bonds is 4. The normalized spacial score (nSPS) is 18.6. The lowest BCUT2D eigenvalue weighted by atomic mass is 9.82. The fourth-order valence-electron chi connectivity index (χ4n) is 4.71. The van der Waals surface area contributed by atoms with Crippen molar-refractivity contribution < 1.29 is 4.79 Å². The van der Waals surface area contributed by atoms with Crippen molar-refractivity contribution in [3.8, 4) is 0 Å². The molecule has 7 heteroatoms.